The Hall–Kier alpha value is -0.450. The molecule has 0 radical (unpaired) electrons. The van der Waals surface area contributed by atoms with Gasteiger partial charge in [0, 0.05) is 10.0 Å². The van der Waals surface area contributed by atoms with Gasteiger partial charge in [-0.25, -0.2) is 4.98 Å². The zero-order chi connectivity index (χ0) is 9.26. The van der Waals surface area contributed by atoms with Crippen molar-refractivity contribution >= 4 is 39.1 Å². The molecule has 0 aliphatic carbocycles. The zero-order valence-corrected chi connectivity index (χ0v) is 9.53. The van der Waals surface area contributed by atoms with Crippen LogP contribution in [0.15, 0.2) is 28.7 Å². The highest BCUT2D eigenvalue weighted by Gasteiger charge is 2.04. The Kier molecular flexibility index (Phi) is 2.62. The maximum absolute atomic E-state index is 5.68. The molecule has 0 bridgehead atoms. The second-order valence-electron chi connectivity index (χ2n) is 2.38. The lowest BCUT2D eigenvalue weighted by molar-refractivity contribution is 1.32. The highest BCUT2D eigenvalue weighted by atomic mass is 79.9. The molecule has 1 aromatic carbocycles. The molecule has 13 heavy (non-hydrogen) atoms. The van der Waals surface area contributed by atoms with Gasteiger partial charge in [0.05, 0.1) is 0 Å². The third kappa shape index (κ3) is 2.07. The predicted molar refractivity (Wildman–Crippen MR) is 58.1 cm³/mol. The lowest BCUT2D eigenvalue weighted by Crippen LogP contribution is -1.78. The summed E-state index contributed by atoms with van der Waals surface area (Å²) >= 11 is 10.3. The number of benzene rings is 1. The predicted octanol–water partition coefficient (Wildman–Crippen LogP) is 3.62. The number of hydrogen-bond acceptors (Lipinski definition) is 3. The van der Waals surface area contributed by atoms with Crippen molar-refractivity contribution in [2.24, 2.45) is 0 Å². The van der Waals surface area contributed by atoms with E-state index in [0.29, 0.717) is 10.3 Å². The molecule has 0 saturated carbocycles. The fraction of sp³-hybridized carbons (Fsp3) is 0. The Labute approximate surface area is 92.9 Å². The topological polar surface area (TPSA) is 25.8 Å². The average molecular weight is 276 g/mol. The standard InChI is InChI=1S/C8H4BrClN2S/c9-6-3-1-2-5(4-6)7-11-8(10)13-12-7/h1-4H. The molecule has 66 valence electrons. The van der Waals surface area contributed by atoms with Gasteiger partial charge in [-0.2, -0.15) is 4.37 Å². The smallest absolute Gasteiger partial charge is 0.203 e. The molecule has 0 atom stereocenters. The van der Waals surface area contributed by atoms with Crippen LogP contribution in [0.5, 0.6) is 0 Å². The highest BCUT2D eigenvalue weighted by Crippen LogP contribution is 2.23. The Morgan fingerprint density at radius 2 is 2.23 bits per heavy atom. The molecule has 0 aliphatic heterocycles. The summed E-state index contributed by atoms with van der Waals surface area (Å²) in [4.78, 5) is 4.07. The number of halogens is 2. The Morgan fingerprint density at radius 3 is 2.85 bits per heavy atom. The van der Waals surface area contributed by atoms with Gasteiger partial charge in [0.2, 0.25) is 4.47 Å². The normalized spacial score (nSPS) is 10.3. The Bertz CT molecular complexity index is 430. The molecule has 0 saturated heterocycles. The maximum atomic E-state index is 5.68. The van der Waals surface area contributed by atoms with Crippen molar-refractivity contribution in [2.45, 2.75) is 0 Å². The van der Waals surface area contributed by atoms with Gasteiger partial charge in [-0.15, -0.1) is 0 Å². The van der Waals surface area contributed by atoms with E-state index in [9.17, 15) is 0 Å². The first kappa shape index (κ1) is 9.12. The maximum Gasteiger partial charge on any atom is 0.203 e. The van der Waals surface area contributed by atoms with Crippen LogP contribution in [0.2, 0.25) is 4.47 Å². The first-order chi connectivity index (χ1) is 6.25. The summed E-state index contributed by atoms with van der Waals surface area (Å²) in [5.74, 6) is 0.677. The molecule has 0 N–H and O–H groups in total. The largest absolute Gasteiger partial charge is 0.203 e. The minimum absolute atomic E-state index is 0.468. The van der Waals surface area contributed by atoms with E-state index < -0.39 is 0 Å². The molecule has 0 spiro atoms. The summed E-state index contributed by atoms with van der Waals surface area (Å²) in [6.45, 7) is 0. The summed E-state index contributed by atoms with van der Waals surface area (Å²) in [5.41, 5.74) is 0.970. The molecule has 0 unspecified atom stereocenters. The molecule has 2 rings (SSSR count). The number of aromatic nitrogens is 2. The molecule has 1 aromatic heterocycles. The lowest BCUT2D eigenvalue weighted by Gasteiger charge is -1.94. The first-order valence-corrected chi connectivity index (χ1v) is 5.45. The fourth-order valence-electron chi connectivity index (χ4n) is 0.950. The van der Waals surface area contributed by atoms with Crippen LogP contribution >= 0.6 is 39.1 Å². The summed E-state index contributed by atoms with van der Waals surface area (Å²) in [5, 5.41) is 0. The summed E-state index contributed by atoms with van der Waals surface area (Å²) in [6, 6.07) is 7.80. The van der Waals surface area contributed by atoms with E-state index in [0.717, 1.165) is 10.0 Å². The van der Waals surface area contributed by atoms with Crippen LogP contribution in [-0.4, -0.2) is 9.36 Å². The minimum Gasteiger partial charge on any atom is -0.203 e. The summed E-state index contributed by atoms with van der Waals surface area (Å²) < 4.78 is 5.58. The monoisotopic (exact) mass is 274 g/mol. The van der Waals surface area contributed by atoms with Crippen LogP contribution < -0.4 is 0 Å². The van der Waals surface area contributed by atoms with E-state index in [1.165, 1.54) is 11.5 Å². The molecular formula is C8H4BrClN2S. The molecule has 2 nitrogen and oxygen atoms in total. The van der Waals surface area contributed by atoms with Crippen LogP contribution in [0, 0.1) is 0 Å². The van der Waals surface area contributed by atoms with Crippen molar-refractivity contribution in [3.05, 3.63) is 33.2 Å². The summed E-state index contributed by atoms with van der Waals surface area (Å²) in [7, 11) is 0. The van der Waals surface area contributed by atoms with Crippen molar-refractivity contribution in [3.63, 3.8) is 0 Å². The van der Waals surface area contributed by atoms with Gasteiger partial charge >= 0.3 is 0 Å². The quantitative estimate of drug-likeness (QED) is 0.794. The van der Waals surface area contributed by atoms with E-state index >= 15 is 0 Å². The third-order valence-corrected chi connectivity index (χ3v) is 2.78. The molecule has 0 aliphatic rings. The van der Waals surface area contributed by atoms with Gasteiger partial charge in [-0.05, 0) is 35.3 Å². The van der Waals surface area contributed by atoms with Crippen LogP contribution in [-0.2, 0) is 0 Å². The molecular weight excluding hydrogens is 272 g/mol. The van der Waals surface area contributed by atoms with Crippen LogP contribution in [0.4, 0.5) is 0 Å². The van der Waals surface area contributed by atoms with Gasteiger partial charge < -0.3 is 0 Å². The first-order valence-electron chi connectivity index (χ1n) is 3.51. The van der Waals surface area contributed by atoms with E-state index in [4.69, 9.17) is 11.6 Å². The van der Waals surface area contributed by atoms with Gasteiger partial charge in [0.25, 0.3) is 0 Å². The van der Waals surface area contributed by atoms with Gasteiger partial charge in [-0.1, -0.05) is 28.1 Å². The number of nitrogens with zero attached hydrogens (tertiary/aromatic N) is 2. The average Bonchev–Trinajstić information content (AvgIpc) is 2.52. The molecule has 5 heteroatoms. The van der Waals surface area contributed by atoms with Gasteiger partial charge in [0.15, 0.2) is 5.82 Å². The summed E-state index contributed by atoms with van der Waals surface area (Å²) in [6.07, 6.45) is 0. The van der Waals surface area contributed by atoms with Crippen molar-refractivity contribution < 1.29 is 0 Å². The Balaban J connectivity index is 2.46. The molecule has 1 heterocycles. The zero-order valence-electron chi connectivity index (χ0n) is 6.37. The number of rotatable bonds is 1. The van der Waals surface area contributed by atoms with Gasteiger partial charge in [-0.3, -0.25) is 0 Å². The van der Waals surface area contributed by atoms with Crippen molar-refractivity contribution in [1.82, 2.24) is 9.36 Å². The highest BCUT2D eigenvalue weighted by molar-refractivity contribution is 9.10. The molecule has 2 aromatic rings. The lowest BCUT2D eigenvalue weighted by atomic mass is 10.2. The third-order valence-electron chi connectivity index (χ3n) is 1.48. The Morgan fingerprint density at radius 1 is 1.38 bits per heavy atom. The van der Waals surface area contributed by atoms with Crippen molar-refractivity contribution in [1.29, 1.82) is 0 Å². The van der Waals surface area contributed by atoms with Crippen LogP contribution in [0.1, 0.15) is 0 Å². The van der Waals surface area contributed by atoms with Crippen molar-refractivity contribution in [2.75, 3.05) is 0 Å². The second kappa shape index (κ2) is 3.74. The number of hydrogen-bond donors (Lipinski definition) is 0. The van der Waals surface area contributed by atoms with E-state index in [1.807, 2.05) is 24.3 Å². The second-order valence-corrected chi connectivity index (χ2v) is 4.63. The minimum atomic E-state index is 0.468. The van der Waals surface area contributed by atoms with E-state index in [1.54, 1.807) is 0 Å². The SMILES string of the molecule is Clc1nc(-c2cccc(Br)c2)ns1. The van der Waals surface area contributed by atoms with E-state index in [2.05, 4.69) is 25.3 Å². The van der Waals surface area contributed by atoms with Gasteiger partial charge in [0.1, 0.15) is 0 Å². The van der Waals surface area contributed by atoms with E-state index in [-0.39, 0.29) is 0 Å². The van der Waals surface area contributed by atoms with Crippen LogP contribution in [0.25, 0.3) is 11.4 Å². The fourth-order valence-corrected chi connectivity index (χ4v) is 1.97. The molecule has 0 amide bonds. The van der Waals surface area contributed by atoms with Crippen LogP contribution in [0.3, 0.4) is 0 Å². The van der Waals surface area contributed by atoms with Crippen molar-refractivity contribution in [3.8, 4) is 11.4 Å². The molecule has 0 fully saturated rings.